The van der Waals surface area contributed by atoms with Crippen LogP contribution in [0.1, 0.15) is 37.0 Å². The molecule has 0 atom stereocenters. The molecule has 0 saturated heterocycles. The molecule has 1 heterocycles. The Hall–Kier alpha value is -1.51. The zero-order valence-corrected chi connectivity index (χ0v) is 11.0. The normalized spacial score (nSPS) is 9.33. The molecule has 0 aromatic carbocycles. The van der Waals surface area contributed by atoms with Gasteiger partial charge in [0.15, 0.2) is 0 Å². The molecular formula is C10H17NO6S. The van der Waals surface area contributed by atoms with E-state index >= 15 is 0 Å². The van der Waals surface area contributed by atoms with Gasteiger partial charge in [-0.1, -0.05) is 26.7 Å². The lowest BCUT2D eigenvalue weighted by atomic mass is 10.3. The molecule has 18 heavy (non-hydrogen) atoms. The quantitative estimate of drug-likeness (QED) is 0.706. The first-order chi connectivity index (χ1) is 8.22. The van der Waals surface area contributed by atoms with Crippen LogP contribution in [0.15, 0.2) is 24.5 Å². The molecule has 0 saturated carbocycles. The second-order valence-corrected chi connectivity index (χ2v) is 3.89. The lowest BCUT2D eigenvalue weighted by Crippen LogP contribution is -1.94. The van der Waals surface area contributed by atoms with Crippen LogP contribution in [0, 0.1) is 0 Å². The number of unbranched alkanes of at least 4 members (excludes halogenated alkanes) is 1. The summed E-state index contributed by atoms with van der Waals surface area (Å²) in [5.41, 5.74) is 0.220. The summed E-state index contributed by atoms with van der Waals surface area (Å²) in [4.78, 5) is 13.8. The van der Waals surface area contributed by atoms with Gasteiger partial charge in [0.05, 0.1) is 5.56 Å². The van der Waals surface area contributed by atoms with E-state index in [9.17, 15) is 4.79 Å². The van der Waals surface area contributed by atoms with E-state index in [0.29, 0.717) is 0 Å². The number of aromatic nitrogens is 1. The van der Waals surface area contributed by atoms with Crippen molar-refractivity contribution in [2.24, 2.45) is 0 Å². The molecule has 0 unspecified atom stereocenters. The third kappa shape index (κ3) is 20.0. The highest BCUT2D eigenvalue weighted by Crippen LogP contribution is 1.92. The van der Waals surface area contributed by atoms with Crippen LogP contribution < -0.4 is 0 Å². The van der Waals surface area contributed by atoms with Crippen molar-refractivity contribution < 1.29 is 27.4 Å². The van der Waals surface area contributed by atoms with Crippen molar-refractivity contribution in [3.63, 3.8) is 0 Å². The Balaban J connectivity index is 0. The number of rotatable bonds is 2. The Kier molecular flexibility index (Phi) is 11.1. The van der Waals surface area contributed by atoms with Gasteiger partial charge in [0, 0.05) is 12.4 Å². The molecule has 104 valence electrons. The van der Waals surface area contributed by atoms with Gasteiger partial charge in [0.2, 0.25) is 0 Å². The minimum Gasteiger partial charge on any atom is -0.478 e. The van der Waals surface area contributed by atoms with Gasteiger partial charge in [-0.25, -0.2) is 4.79 Å². The minimum absolute atomic E-state index is 0.220. The fraction of sp³-hybridized carbons (Fsp3) is 0.400. The topological polar surface area (TPSA) is 125 Å². The number of nitrogens with zero attached hydrogens (tertiary/aromatic N) is 1. The van der Waals surface area contributed by atoms with Gasteiger partial charge in [-0.05, 0) is 12.1 Å². The molecule has 3 N–H and O–H groups in total. The van der Waals surface area contributed by atoms with Crippen LogP contribution in [-0.4, -0.2) is 33.6 Å². The molecule has 7 nitrogen and oxygen atoms in total. The maximum Gasteiger partial charge on any atom is 0.394 e. The molecule has 1 aromatic heterocycles. The van der Waals surface area contributed by atoms with Crippen LogP contribution in [-0.2, 0) is 10.4 Å². The van der Waals surface area contributed by atoms with Gasteiger partial charge in [-0.15, -0.1) is 0 Å². The van der Waals surface area contributed by atoms with E-state index in [4.69, 9.17) is 22.6 Å². The van der Waals surface area contributed by atoms with Gasteiger partial charge in [-0.3, -0.25) is 14.1 Å². The molecule has 1 rings (SSSR count). The fourth-order valence-corrected chi connectivity index (χ4v) is 0.489. The van der Waals surface area contributed by atoms with Crippen molar-refractivity contribution in [1.29, 1.82) is 0 Å². The fourth-order valence-electron chi connectivity index (χ4n) is 0.489. The molecule has 0 amide bonds. The number of carboxylic acid groups (broad SMARTS) is 1. The number of pyridine rings is 1. The monoisotopic (exact) mass is 279 g/mol. The van der Waals surface area contributed by atoms with E-state index in [1.54, 1.807) is 6.07 Å². The molecule has 0 radical (unpaired) electrons. The van der Waals surface area contributed by atoms with Gasteiger partial charge in [0.25, 0.3) is 0 Å². The summed E-state index contributed by atoms with van der Waals surface area (Å²) in [6, 6.07) is 3.08. The number of hydrogen-bond donors (Lipinski definition) is 3. The largest absolute Gasteiger partial charge is 0.478 e. The van der Waals surface area contributed by atoms with Gasteiger partial charge in [-0.2, -0.15) is 8.42 Å². The highest BCUT2D eigenvalue weighted by atomic mass is 32.3. The first kappa shape index (κ1) is 18.8. The van der Waals surface area contributed by atoms with E-state index in [1.165, 1.54) is 31.3 Å². The van der Waals surface area contributed by atoms with Crippen molar-refractivity contribution >= 4 is 16.4 Å². The van der Waals surface area contributed by atoms with Crippen LogP contribution in [0.5, 0.6) is 0 Å². The molecule has 0 aliphatic carbocycles. The van der Waals surface area contributed by atoms with Crippen molar-refractivity contribution in [3.05, 3.63) is 30.1 Å². The van der Waals surface area contributed by atoms with Crippen molar-refractivity contribution in [3.8, 4) is 0 Å². The highest BCUT2D eigenvalue weighted by Gasteiger charge is 1.97. The Morgan fingerprint density at radius 3 is 1.89 bits per heavy atom. The summed E-state index contributed by atoms with van der Waals surface area (Å²) in [5, 5.41) is 8.34. The van der Waals surface area contributed by atoms with Gasteiger partial charge < -0.3 is 5.11 Å². The predicted molar refractivity (Wildman–Crippen MR) is 66.0 cm³/mol. The number of carbonyl (C=O) groups is 1. The van der Waals surface area contributed by atoms with E-state index < -0.39 is 16.4 Å². The van der Waals surface area contributed by atoms with Crippen molar-refractivity contribution in [2.45, 2.75) is 26.7 Å². The maximum atomic E-state index is 10.2. The summed E-state index contributed by atoms with van der Waals surface area (Å²) in [6.07, 6.45) is 5.48. The van der Waals surface area contributed by atoms with E-state index in [0.717, 1.165) is 0 Å². The Labute approximate surface area is 106 Å². The number of aromatic carboxylic acids is 1. The van der Waals surface area contributed by atoms with Crippen LogP contribution >= 0.6 is 0 Å². The predicted octanol–water partition coefficient (Wildman–Crippen LogP) is 1.93. The zero-order chi connectivity index (χ0) is 14.6. The summed E-state index contributed by atoms with van der Waals surface area (Å²) in [6.45, 7) is 4.36. The summed E-state index contributed by atoms with van der Waals surface area (Å²) >= 11 is 0. The Morgan fingerprint density at radius 2 is 1.72 bits per heavy atom. The first-order valence-corrected chi connectivity index (χ1v) is 6.45. The zero-order valence-electron chi connectivity index (χ0n) is 10.1. The van der Waals surface area contributed by atoms with Gasteiger partial charge in [0.1, 0.15) is 0 Å². The Bertz CT molecular complexity index is 407. The molecule has 0 fully saturated rings. The minimum atomic E-state index is -4.67. The molecular weight excluding hydrogens is 262 g/mol. The molecule has 0 spiro atoms. The highest BCUT2D eigenvalue weighted by molar-refractivity contribution is 7.79. The second kappa shape index (κ2) is 10.6. The van der Waals surface area contributed by atoms with E-state index in [2.05, 4.69) is 18.8 Å². The van der Waals surface area contributed by atoms with E-state index in [-0.39, 0.29) is 5.56 Å². The molecule has 0 bridgehead atoms. The maximum absolute atomic E-state index is 10.2. The lowest BCUT2D eigenvalue weighted by Gasteiger charge is -1.87. The summed E-state index contributed by atoms with van der Waals surface area (Å²) < 4.78 is 31.6. The third-order valence-electron chi connectivity index (χ3n) is 1.41. The summed E-state index contributed by atoms with van der Waals surface area (Å²) in [5.74, 6) is -0.942. The number of carboxylic acids is 1. The number of hydrogen-bond acceptors (Lipinski definition) is 4. The lowest BCUT2D eigenvalue weighted by molar-refractivity contribution is 0.0696. The average Bonchev–Trinajstić information content (AvgIpc) is 2.28. The standard InChI is InChI=1S/C6H5NO2.C4H10.H2O4S/c8-6(9)5-2-1-3-7-4-5;1-3-4-2;1-5(2,3)4/h1-4H,(H,8,9);3-4H2,1-2H3;(H2,1,2,3,4). The smallest absolute Gasteiger partial charge is 0.394 e. The second-order valence-electron chi connectivity index (χ2n) is 2.99. The molecule has 8 heteroatoms. The van der Waals surface area contributed by atoms with Crippen molar-refractivity contribution in [2.75, 3.05) is 0 Å². The van der Waals surface area contributed by atoms with Crippen molar-refractivity contribution in [1.82, 2.24) is 4.98 Å². The van der Waals surface area contributed by atoms with E-state index in [1.807, 2.05) is 0 Å². The SMILES string of the molecule is CCCC.O=C(O)c1cccnc1.O=S(=O)(O)O. The molecule has 0 aliphatic rings. The molecule has 0 aliphatic heterocycles. The Morgan fingerprint density at radius 1 is 1.28 bits per heavy atom. The average molecular weight is 279 g/mol. The molecule has 1 aromatic rings. The summed E-state index contributed by atoms with van der Waals surface area (Å²) in [7, 11) is -4.67. The van der Waals surface area contributed by atoms with Crippen LogP contribution in [0.4, 0.5) is 0 Å². The van der Waals surface area contributed by atoms with Gasteiger partial charge >= 0.3 is 16.4 Å². The third-order valence-corrected chi connectivity index (χ3v) is 1.41. The van der Waals surface area contributed by atoms with Crippen LogP contribution in [0.3, 0.4) is 0 Å². The first-order valence-electron chi connectivity index (χ1n) is 5.05. The van der Waals surface area contributed by atoms with Crippen LogP contribution in [0.2, 0.25) is 0 Å². The van der Waals surface area contributed by atoms with Crippen LogP contribution in [0.25, 0.3) is 0 Å².